The third-order valence-electron chi connectivity index (χ3n) is 3.67. The molecule has 0 aromatic rings. The van der Waals surface area contributed by atoms with Gasteiger partial charge >= 0.3 is 5.97 Å². The first-order chi connectivity index (χ1) is 6.20. The molecule has 74 valence electrons. The van der Waals surface area contributed by atoms with Crippen LogP contribution >= 0.6 is 0 Å². The van der Waals surface area contributed by atoms with Crippen LogP contribution in [0.5, 0.6) is 0 Å². The SMILES string of the molecule is CN1CC(C(=O)O)C2CCCCC21. The minimum absolute atomic E-state index is 0.102. The molecule has 3 unspecified atom stereocenters. The predicted octanol–water partition coefficient (Wildman–Crippen LogP) is 1.19. The van der Waals surface area contributed by atoms with Gasteiger partial charge in [0, 0.05) is 12.6 Å². The first-order valence-corrected chi connectivity index (χ1v) is 5.13. The zero-order valence-electron chi connectivity index (χ0n) is 8.07. The molecule has 13 heavy (non-hydrogen) atoms. The van der Waals surface area contributed by atoms with Gasteiger partial charge in [-0.1, -0.05) is 12.8 Å². The Bertz CT molecular complexity index is 217. The molecule has 0 aromatic carbocycles. The molecular formula is C10H17NO2. The Balaban J connectivity index is 2.12. The highest BCUT2D eigenvalue weighted by molar-refractivity contribution is 5.71. The molecule has 0 aromatic heterocycles. The van der Waals surface area contributed by atoms with Gasteiger partial charge < -0.3 is 10.0 Å². The Labute approximate surface area is 78.7 Å². The molecule has 1 aliphatic carbocycles. The summed E-state index contributed by atoms with van der Waals surface area (Å²) in [5, 5.41) is 9.04. The molecule has 3 atom stereocenters. The van der Waals surface area contributed by atoms with E-state index < -0.39 is 5.97 Å². The number of fused-ring (bicyclic) bond motifs is 1. The van der Waals surface area contributed by atoms with Crippen molar-refractivity contribution in [3.8, 4) is 0 Å². The molecule has 2 aliphatic rings. The van der Waals surface area contributed by atoms with E-state index in [4.69, 9.17) is 5.11 Å². The standard InChI is InChI=1S/C10H17NO2/c1-11-6-8(10(12)13)7-4-2-3-5-9(7)11/h7-9H,2-6H2,1H3,(H,12,13). The first kappa shape index (κ1) is 9.00. The highest BCUT2D eigenvalue weighted by Gasteiger charge is 2.44. The van der Waals surface area contributed by atoms with Crippen LogP contribution < -0.4 is 0 Å². The number of nitrogens with zero attached hydrogens (tertiary/aromatic N) is 1. The highest BCUT2D eigenvalue weighted by Crippen LogP contribution is 2.38. The molecule has 0 spiro atoms. The summed E-state index contributed by atoms with van der Waals surface area (Å²) in [6.07, 6.45) is 4.81. The zero-order valence-corrected chi connectivity index (χ0v) is 8.07. The monoisotopic (exact) mass is 183 g/mol. The van der Waals surface area contributed by atoms with Gasteiger partial charge in [0.2, 0.25) is 0 Å². The molecule has 2 fully saturated rings. The van der Waals surface area contributed by atoms with Crippen LogP contribution in [0.25, 0.3) is 0 Å². The van der Waals surface area contributed by atoms with Crippen LogP contribution in [0.3, 0.4) is 0 Å². The van der Waals surface area contributed by atoms with Crippen molar-refractivity contribution in [3.05, 3.63) is 0 Å². The molecule has 1 N–H and O–H groups in total. The maximum absolute atomic E-state index is 11.0. The quantitative estimate of drug-likeness (QED) is 0.664. The Morgan fingerprint density at radius 3 is 2.77 bits per heavy atom. The van der Waals surface area contributed by atoms with Gasteiger partial charge in [0.15, 0.2) is 0 Å². The second-order valence-electron chi connectivity index (χ2n) is 4.40. The fourth-order valence-electron chi connectivity index (χ4n) is 3.00. The summed E-state index contributed by atoms with van der Waals surface area (Å²) in [5.74, 6) is -0.271. The van der Waals surface area contributed by atoms with E-state index in [9.17, 15) is 4.79 Å². The normalized spacial score (nSPS) is 40.2. The minimum Gasteiger partial charge on any atom is -0.481 e. The fourth-order valence-corrected chi connectivity index (χ4v) is 3.00. The molecule has 0 amide bonds. The van der Waals surface area contributed by atoms with Gasteiger partial charge in [-0.3, -0.25) is 4.79 Å². The summed E-state index contributed by atoms with van der Waals surface area (Å²) in [6.45, 7) is 0.755. The smallest absolute Gasteiger partial charge is 0.308 e. The lowest BCUT2D eigenvalue weighted by molar-refractivity contribution is -0.142. The molecule has 0 bridgehead atoms. The van der Waals surface area contributed by atoms with Crippen molar-refractivity contribution in [2.24, 2.45) is 11.8 Å². The lowest BCUT2D eigenvalue weighted by atomic mass is 9.80. The number of hydrogen-bond acceptors (Lipinski definition) is 2. The maximum atomic E-state index is 11.0. The van der Waals surface area contributed by atoms with Crippen molar-refractivity contribution in [1.82, 2.24) is 4.90 Å². The molecular weight excluding hydrogens is 166 g/mol. The van der Waals surface area contributed by atoms with Crippen molar-refractivity contribution in [1.29, 1.82) is 0 Å². The van der Waals surface area contributed by atoms with Crippen LogP contribution in [0.1, 0.15) is 25.7 Å². The molecule has 0 radical (unpaired) electrons. The van der Waals surface area contributed by atoms with Gasteiger partial charge in [-0.15, -0.1) is 0 Å². The third-order valence-corrected chi connectivity index (χ3v) is 3.67. The van der Waals surface area contributed by atoms with E-state index in [-0.39, 0.29) is 5.92 Å². The van der Waals surface area contributed by atoms with Crippen molar-refractivity contribution < 1.29 is 9.90 Å². The molecule has 1 saturated carbocycles. The van der Waals surface area contributed by atoms with Crippen LogP contribution in [0, 0.1) is 11.8 Å². The second-order valence-corrected chi connectivity index (χ2v) is 4.40. The van der Waals surface area contributed by atoms with Gasteiger partial charge in [-0.2, -0.15) is 0 Å². The number of aliphatic carboxylic acids is 1. The average Bonchev–Trinajstić information content (AvgIpc) is 2.45. The summed E-state index contributed by atoms with van der Waals surface area (Å²) in [4.78, 5) is 13.2. The number of carboxylic acid groups (broad SMARTS) is 1. The summed E-state index contributed by atoms with van der Waals surface area (Å²) < 4.78 is 0. The van der Waals surface area contributed by atoms with Crippen molar-refractivity contribution >= 4 is 5.97 Å². The summed E-state index contributed by atoms with van der Waals surface area (Å²) >= 11 is 0. The summed E-state index contributed by atoms with van der Waals surface area (Å²) in [5.41, 5.74) is 0. The first-order valence-electron chi connectivity index (χ1n) is 5.13. The van der Waals surface area contributed by atoms with E-state index in [0.29, 0.717) is 12.0 Å². The van der Waals surface area contributed by atoms with E-state index in [1.165, 1.54) is 19.3 Å². The molecule has 3 heteroatoms. The lowest BCUT2D eigenvalue weighted by Crippen LogP contribution is -2.32. The van der Waals surface area contributed by atoms with Crippen molar-refractivity contribution in [2.45, 2.75) is 31.7 Å². The van der Waals surface area contributed by atoms with E-state index in [1.54, 1.807) is 0 Å². The minimum atomic E-state index is -0.596. The third kappa shape index (κ3) is 1.46. The number of carbonyl (C=O) groups is 1. The Kier molecular flexibility index (Phi) is 2.28. The predicted molar refractivity (Wildman–Crippen MR) is 49.5 cm³/mol. The van der Waals surface area contributed by atoms with Crippen LogP contribution in [0.4, 0.5) is 0 Å². The van der Waals surface area contributed by atoms with Crippen molar-refractivity contribution in [3.63, 3.8) is 0 Å². The van der Waals surface area contributed by atoms with Gasteiger partial charge in [0.25, 0.3) is 0 Å². The van der Waals surface area contributed by atoms with Crippen LogP contribution in [-0.4, -0.2) is 35.6 Å². The average molecular weight is 183 g/mol. The number of rotatable bonds is 1. The fraction of sp³-hybridized carbons (Fsp3) is 0.900. The number of carboxylic acids is 1. The van der Waals surface area contributed by atoms with Crippen molar-refractivity contribution in [2.75, 3.05) is 13.6 Å². The van der Waals surface area contributed by atoms with E-state index in [1.807, 2.05) is 0 Å². The lowest BCUT2D eigenvalue weighted by Gasteiger charge is -2.29. The van der Waals surface area contributed by atoms with Crippen LogP contribution in [0.2, 0.25) is 0 Å². The van der Waals surface area contributed by atoms with Crippen LogP contribution in [-0.2, 0) is 4.79 Å². The summed E-state index contributed by atoms with van der Waals surface area (Å²) in [7, 11) is 2.06. The Morgan fingerprint density at radius 1 is 1.38 bits per heavy atom. The van der Waals surface area contributed by atoms with E-state index in [2.05, 4.69) is 11.9 Å². The van der Waals surface area contributed by atoms with Gasteiger partial charge in [0.05, 0.1) is 5.92 Å². The number of likely N-dealkylation sites (tertiary alicyclic amines) is 1. The molecule has 1 heterocycles. The molecule has 1 aliphatic heterocycles. The zero-order chi connectivity index (χ0) is 9.42. The highest BCUT2D eigenvalue weighted by atomic mass is 16.4. The maximum Gasteiger partial charge on any atom is 0.308 e. The summed E-state index contributed by atoms with van der Waals surface area (Å²) in [6, 6.07) is 0.551. The molecule has 1 saturated heterocycles. The molecule has 2 rings (SSSR count). The Hall–Kier alpha value is -0.570. The molecule has 3 nitrogen and oxygen atoms in total. The second kappa shape index (κ2) is 3.29. The van der Waals surface area contributed by atoms with Crippen LogP contribution in [0.15, 0.2) is 0 Å². The van der Waals surface area contributed by atoms with Gasteiger partial charge in [-0.25, -0.2) is 0 Å². The van der Waals surface area contributed by atoms with Gasteiger partial charge in [0.1, 0.15) is 0 Å². The van der Waals surface area contributed by atoms with Gasteiger partial charge in [-0.05, 0) is 25.8 Å². The topological polar surface area (TPSA) is 40.5 Å². The van der Waals surface area contributed by atoms with E-state index >= 15 is 0 Å². The largest absolute Gasteiger partial charge is 0.481 e. The Morgan fingerprint density at radius 2 is 2.08 bits per heavy atom. The number of hydrogen-bond donors (Lipinski definition) is 1. The van der Waals surface area contributed by atoms with E-state index in [0.717, 1.165) is 13.0 Å².